The number of benzene rings is 1. The maximum Gasteiger partial charge on any atom is 0.0831 e. The van der Waals surface area contributed by atoms with E-state index >= 15 is 0 Å². The SMILES string of the molecule is CC(C)(C)c1nn(-c2ccccc2Cl)cc1CNCC1CNCC1O.Cl. The summed E-state index contributed by atoms with van der Waals surface area (Å²) < 4.78 is 1.87. The van der Waals surface area contributed by atoms with E-state index in [4.69, 9.17) is 16.7 Å². The molecule has 26 heavy (non-hydrogen) atoms. The Kier molecular flexibility index (Phi) is 7.11. The summed E-state index contributed by atoms with van der Waals surface area (Å²) in [7, 11) is 0. The Bertz CT molecular complexity index is 727. The molecule has 0 spiro atoms. The minimum Gasteiger partial charge on any atom is -0.391 e. The molecule has 2 unspecified atom stereocenters. The summed E-state index contributed by atoms with van der Waals surface area (Å²) in [5, 5.41) is 22.1. The number of aromatic nitrogens is 2. The number of β-amino-alcohol motifs (C(OH)–C–C–N with tert-alkyl or cyclic N) is 1. The predicted octanol–water partition coefficient (Wildman–Crippen LogP) is 2.91. The highest BCUT2D eigenvalue weighted by molar-refractivity contribution is 6.32. The van der Waals surface area contributed by atoms with Gasteiger partial charge in [0.25, 0.3) is 0 Å². The van der Waals surface area contributed by atoms with Crippen LogP contribution in [0.5, 0.6) is 0 Å². The Labute approximate surface area is 166 Å². The van der Waals surface area contributed by atoms with Crippen molar-refractivity contribution in [2.75, 3.05) is 19.6 Å². The molecule has 1 aliphatic rings. The molecular formula is C19H28Cl2N4O. The van der Waals surface area contributed by atoms with Crippen molar-refractivity contribution in [3.63, 3.8) is 0 Å². The zero-order valence-corrected chi connectivity index (χ0v) is 17.1. The van der Waals surface area contributed by atoms with Gasteiger partial charge in [0.2, 0.25) is 0 Å². The van der Waals surface area contributed by atoms with Gasteiger partial charge in [-0.15, -0.1) is 12.4 Å². The van der Waals surface area contributed by atoms with E-state index in [2.05, 4.69) is 37.6 Å². The van der Waals surface area contributed by atoms with Crippen LogP contribution in [-0.4, -0.2) is 40.6 Å². The van der Waals surface area contributed by atoms with E-state index in [0.717, 1.165) is 36.6 Å². The first-order valence-electron chi connectivity index (χ1n) is 8.79. The lowest BCUT2D eigenvalue weighted by Crippen LogP contribution is -2.30. The van der Waals surface area contributed by atoms with Crippen LogP contribution in [0.4, 0.5) is 0 Å². The van der Waals surface area contributed by atoms with E-state index < -0.39 is 0 Å². The van der Waals surface area contributed by atoms with E-state index in [-0.39, 0.29) is 29.8 Å². The second kappa shape index (κ2) is 8.72. The van der Waals surface area contributed by atoms with Crippen LogP contribution in [0.15, 0.2) is 30.5 Å². The van der Waals surface area contributed by atoms with Crippen molar-refractivity contribution >= 4 is 24.0 Å². The molecule has 2 aromatic rings. The lowest BCUT2D eigenvalue weighted by molar-refractivity contribution is 0.146. The molecule has 144 valence electrons. The first-order chi connectivity index (χ1) is 11.9. The fourth-order valence-electron chi connectivity index (χ4n) is 3.25. The Morgan fingerprint density at radius 3 is 2.65 bits per heavy atom. The van der Waals surface area contributed by atoms with Crippen LogP contribution in [0, 0.1) is 5.92 Å². The van der Waals surface area contributed by atoms with E-state index in [1.807, 2.05) is 28.9 Å². The van der Waals surface area contributed by atoms with Crippen LogP contribution < -0.4 is 10.6 Å². The highest BCUT2D eigenvalue weighted by Gasteiger charge is 2.26. The summed E-state index contributed by atoms with van der Waals surface area (Å²) >= 11 is 6.33. The Morgan fingerprint density at radius 1 is 1.31 bits per heavy atom. The predicted molar refractivity (Wildman–Crippen MR) is 109 cm³/mol. The molecule has 3 N–H and O–H groups in total. The average Bonchev–Trinajstić information content (AvgIpc) is 3.14. The molecule has 5 nitrogen and oxygen atoms in total. The number of rotatable bonds is 5. The quantitative estimate of drug-likeness (QED) is 0.724. The zero-order valence-electron chi connectivity index (χ0n) is 15.5. The van der Waals surface area contributed by atoms with Crippen LogP contribution in [-0.2, 0) is 12.0 Å². The summed E-state index contributed by atoms with van der Waals surface area (Å²) in [6, 6.07) is 7.73. The first-order valence-corrected chi connectivity index (χ1v) is 9.17. The van der Waals surface area contributed by atoms with Crippen LogP contribution >= 0.6 is 24.0 Å². The van der Waals surface area contributed by atoms with Crippen molar-refractivity contribution in [3.8, 4) is 5.69 Å². The Hall–Kier alpha value is -1.11. The molecule has 0 radical (unpaired) electrons. The van der Waals surface area contributed by atoms with Crippen LogP contribution in [0.25, 0.3) is 5.69 Å². The van der Waals surface area contributed by atoms with Gasteiger partial charge in [0, 0.05) is 49.3 Å². The lowest BCUT2D eigenvalue weighted by atomic mass is 9.89. The van der Waals surface area contributed by atoms with Crippen LogP contribution in [0.1, 0.15) is 32.0 Å². The number of hydrogen-bond acceptors (Lipinski definition) is 4. The molecule has 1 saturated heterocycles. The fraction of sp³-hybridized carbons (Fsp3) is 0.526. The number of aliphatic hydroxyl groups is 1. The standard InChI is InChI=1S/C19H27ClN4O.ClH/c1-19(2,3)18-14(10-21-8-13-9-22-11-17(13)25)12-24(23-18)16-7-5-4-6-15(16)20;/h4-7,12-13,17,21-22,25H,8-11H2,1-3H3;1H. The van der Waals surface area contributed by atoms with Crippen molar-refractivity contribution in [1.82, 2.24) is 20.4 Å². The summed E-state index contributed by atoms with van der Waals surface area (Å²) in [5.74, 6) is 0.261. The van der Waals surface area contributed by atoms with E-state index in [0.29, 0.717) is 11.6 Å². The average molecular weight is 399 g/mol. The highest BCUT2D eigenvalue weighted by atomic mass is 35.5. The molecule has 1 aliphatic heterocycles. The highest BCUT2D eigenvalue weighted by Crippen LogP contribution is 2.27. The van der Waals surface area contributed by atoms with Gasteiger partial charge in [-0.05, 0) is 12.1 Å². The third-order valence-corrected chi connectivity index (χ3v) is 4.95. The summed E-state index contributed by atoms with van der Waals surface area (Å²) in [6.07, 6.45) is 1.79. The smallest absolute Gasteiger partial charge is 0.0831 e. The van der Waals surface area contributed by atoms with Crippen molar-refractivity contribution in [3.05, 3.63) is 46.7 Å². The molecule has 0 saturated carbocycles. The summed E-state index contributed by atoms with van der Waals surface area (Å²) in [4.78, 5) is 0. The Balaban J connectivity index is 0.00000243. The molecule has 7 heteroatoms. The van der Waals surface area contributed by atoms with Gasteiger partial charge >= 0.3 is 0 Å². The fourth-order valence-corrected chi connectivity index (χ4v) is 3.47. The van der Waals surface area contributed by atoms with Gasteiger partial charge in [-0.1, -0.05) is 44.5 Å². The Morgan fingerprint density at radius 2 is 2.04 bits per heavy atom. The van der Waals surface area contributed by atoms with Crippen molar-refractivity contribution < 1.29 is 5.11 Å². The maximum atomic E-state index is 9.92. The first kappa shape index (κ1) is 21.2. The monoisotopic (exact) mass is 398 g/mol. The number of halogens is 2. The molecular weight excluding hydrogens is 371 g/mol. The van der Waals surface area contributed by atoms with E-state index in [1.54, 1.807) is 0 Å². The van der Waals surface area contributed by atoms with Gasteiger partial charge < -0.3 is 15.7 Å². The van der Waals surface area contributed by atoms with Gasteiger partial charge in [0.15, 0.2) is 0 Å². The largest absolute Gasteiger partial charge is 0.391 e. The third-order valence-electron chi connectivity index (χ3n) is 4.63. The number of nitrogens with zero attached hydrogens (tertiary/aromatic N) is 2. The molecule has 3 rings (SSSR count). The van der Waals surface area contributed by atoms with Gasteiger partial charge in [0.05, 0.1) is 22.5 Å². The van der Waals surface area contributed by atoms with Crippen LogP contribution in [0.3, 0.4) is 0 Å². The maximum absolute atomic E-state index is 9.92. The van der Waals surface area contributed by atoms with Crippen LogP contribution in [0.2, 0.25) is 5.02 Å². The van der Waals surface area contributed by atoms with E-state index in [9.17, 15) is 5.11 Å². The summed E-state index contributed by atoms with van der Waals surface area (Å²) in [5.41, 5.74) is 3.05. The molecule has 1 fully saturated rings. The number of hydrogen-bond donors (Lipinski definition) is 3. The second-order valence-electron chi connectivity index (χ2n) is 7.77. The van der Waals surface area contributed by atoms with Gasteiger partial charge in [-0.3, -0.25) is 0 Å². The lowest BCUT2D eigenvalue weighted by Gasteiger charge is -2.18. The van der Waals surface area contributed by atoms with Gasteiger partial charge in [0.1, 0.15) is 0 Å². The molecule has 1 aromatic heterocycles. The van der Waals surface area contributed by atoms with Crippen molar-refractivity contribution in [2.24, 2.45) is 5.92 Å². The van der Waals surface area contributed by atoms with Gasteiger partial charge in [-0.2, -0.15) is 5.10 Å². The molecule has 0 aliphatic carbocycles. The number of aliphatic hydroxyl groups excluding tert-OH is 1. The normalized spacial score (nSPS) is 20.2. The molecule has 2 atom stereocenters. The van der Waals surface area contributed by atoms with Gasteiger partial charge in [-0.25, -0.2) is 4.68 Å². The summed E-state index contributed by atoms with van der Waals surface area (Å²) in [6.45, 7) is 9.56. The van der Waals surface area contributed by atoms with Crippen molar-refractivity contribution in [1.29, 1.82) is 0 Å². The third kappa shape index (κ3) is 4.78. The minimum absolute atomic E-state index is 0. The topological polar surface area (TPSA) is 62.1 Å². The molecule has 1 aromatic carbocycles. The molecule has 0 amide bonds. The number of nitrogens with one attached hydrogen (secondary N) is 2. The second-order valence-corrected chi connectivity index (χ2v) is 8.17. The molecule has 0 bridgehead atoms. The number of para-hydroxylation sites is 1. The van der Waals surface area contributed by atoms with Crippen molar-refractivity contribution in [2.45, 2.75) is 38.8 Å². The van der Waals surface area contributed by atoms with E-state index in [1.165, 1.54) is 0 Å². The molecule has 2 heterocycles. The minimum atomic E-state index is -0.263. The zero-order chi connectivity index (χ0) is 18.0.